The van der Waals surface area contributed by atoms with Crippen LogP contribution in [0.1, 0.15) is 22.3 Å². The Kier molecular flexibility index (Phi) is 2.41. The second-order valence-electron chi connectivity index (χ2n) is 3.42. The number of hydrogen-bond donors (Lipinski definition) is 1. The van der Waals surface area contributed by atoms with Gasteiger partial charge in [-0.15, -0.1) is 0 Å². The molecule has 1 heterocycles. The van der Waals surface area contributed by atoms with Crippen molar-refractivity contribution in [1.82, 2.24) is 0 Å². The highest BCUT2D eigenvalue weighted by atomic mass is 16.5. The minimum Gasteiger partial charge on any atom is -0.492 e. The molecule has 0 atom stereocenters. The first kappa shape index (κ1) is 9.71. The number of aliphatic carboxylic acids is 1. The van der Waals surface area contributed by atoms with Crippen molar-refractivity contribution in [2.75, 3.05) is 6.61 Å². The van der Waals surface area contributed by atoms with Gasteiger partial charge < -0.3 is 9.84 Å². The second kappa shape index (κ2) is 3.73. The maximum Gasteiger partial charge on any atom is 0.307 e. The molecule has 2 rings (SSSR count). The maximum atomic E-state index is 11.4. The summed E-state index contributed by atoms with van der Waals surface area (Å²) in [6.45, 7) is 0.377. The standard InChI is InChI=1S/C11H10O4/c12-9-3-4-15-10-5-7(6-11(13)14)1-2-8(9)10/h1-2,5H,3-4,6H2,(H,13,14). The van der Waals surface area contributed by atoms with Gasteiger partial charge in [0, 0.05) is 6.42 Å². The van der Waals surface area contributed by atoms with Gasteiger partial charge in [-0.3, -0.25) is 9.59 Å². The first-order valence-electron chi connectivity index (χ1n) is 4.67. The van der Waals surface area contributed by atoms with Crippen LogP contribution in [0.3, 0.4) is 0 Å². The Labute approximate surface area is 86.5 Å². The molecule has 4 heteroatoms. The van der Waals surface area contributed by atoms with Crippen molar-refractivity contribution in [3.8, 4) is 5.75 Å². The summed E-state index contributed by atoms with van der Waals surface area (Å²) < 4.78 is 5.30. The predicted octanol–water partition coefficient (Wildman–Crippen LogP) is 1.28. The van der Waals surface area contributed by atoms with Crippen LogP contribution in [-0.4, -0.2) is 23.5 Å². The molecular weight excluding hydrogens is 196 g/mol. The lowest BCUT2D eigenvalue weighted by atomic mass is 10.0. The van der Waals surface area contributed by atoms with Crippen LogP contribution in [0.2, 0.25) is 0 Å². The van der Waals surface area contributed by atoms with E-state index >= 15 is 0 Å². The summed E-state index contributed by atoms with van der Waals surface area (Å²) in [5.74, 6) is -0.333. The van der Waals surface area contributed by atoms with E-state index < -0.39 is 5.97 Å². The van der Waals surface area contributed by atoms with E-state index in [1.54, 1.807) is 18.2 Å². The summed E-state index contributed by atoms with van der Waals surface area (Å²) in [6, 6.07) is 4.91. The lowest BCUT2D eigenvalue weighted by molar-refractivity contribution is -0.136. The second-order valence-corrected chi connectivity index (χ2v) is 3.42. The number of carbonyl (C=O) groups excluding carboxylic acids is 1. The minimum absolute atomic E-state index is 0.0508. The minimum atomic E-state index is -0.892. The molecule has 0 unspecified atom stereocenters. The van der Waals surface area contributed by atoms with Gasteiger partial charge in [-0.2, -0.15) is 0 Å². The Morgan fingerprint density at radius 3 is 3.00 bits per heavy atom. The molecule has 0 aromatic heterocycles. The van der Waals surface area contributed by atoms with Crippen LogP contribution < -0.4 is 4.74 Å². The van der Waals surface area contributed by atoms with Crippen LogP contribution in [0.5, 0.6) is 5.75 Å². The van der Waals surface area contributed by atoms with Crippen molar-refractivity contribution in [2.24, 2.45) is 0 Å². The molecule has 0 amide bonds. The topological polar surface area (TPSA) is 63.6 Å². The fourth-order valence-corrected chi connectivity index (χ4v) is 1.59. The molecule has 1 aromatic rings. The molecule has 0 saturated carbocycles. The summed E-state index contributed by atoms with van der Waals surface area (Å²) in [5.41, 5.74) is 1.20. The molecule has 0 aliphatic carbocycles. The van der Waals surface area contributed by atoms with Gasteiger partial charge in [-0.05, 0) is 17.7 Å². The van der Waals surface area contributed by atoms with E-state index in [0.29, 0.717) is 29.9 Å². The molecule has 1 aliphatic heterocycles. The van der Waals surface area contributed by atoms with Gasteiger partial charge in [0.25, 0.3) is 0 Å². The van der Waals surface area contributed by atoms with E-state index in [2.05, 4.69) is 0 Å². The molecule has 15 heavy (non-hydrogen) atoms. The number of rotatable bonds is 2. The number of benzene rings is 1. The zero-order valence-electron chi connectivity index (χ0n) is 8.03. The normalized spacial score (nSPS) is 14.3. The zero-order chi connectivity index (χ0) is 10.8. The van der Waals surface area contributed by atoms with E-state index in [4.69, 9.17) is 9.84 Å². The highest BCUT2D eigenvalue weighted by molar-refractivity contribution is 5.99. The first-order valence-corrected chi connectivity index (χ1v) is 4.67. The largest absolute Gasteiger partial charge is 0.492 e. The third-order valence-electron chi connectivity index (χ3n) is 2.29. The quantitative estimate of drug-likeness (QED) is 0.791. The SMILES string of the molecule is O=C(O)Cc1ccc2c(c1)OCCC2=O. The van der Waals surface area contributed by atoms with E-state index in [9.17, 15) is 9.59 Å². The van der Waals surface area contributed by atoms with E-state index in [1.807, 2.05) is 0 Å². The summed E-state index contributed by atoms with van der Waals surface area (Å²) >= 11 is 0. The maximum absolute atomic E-state index is 11.4. The average molecular weight is 206 g/mol. The number of fused-ring (bicyclic) bond motifs is 1. The van der Waals surface area contributed by atoms with Crippen LogP contribution in [-0.2, 0) is 11.2 Å². The van der Waals surface area contributed by atoms with E-state index in [1.165, 1.54) is 0 Å². The number of carboxylic acid groups (broad SMARTS) is 1. The lowest BCUT2D eigenvalue weighted by Crippen LogP contribution is -2.15. The van der Waals surface area contributed by atoms with Gasteiger partial charge in [0.15, 0.2) is 5.78 Å². The van der Waals surface area contributed by atoms with Crippen molar-refractivity contribution in [1.29, 1.82) is 0 Å². The lowest BCUT2D eigenvalue weighted by Gasteiger charge is -2.16. The molecular formula is C11H10O4. The molecule has 0 fully saturated rings. The molecule has 4 nitrogen and oxygen atoms in total. The Hall–Kier alpha value is -1.84. The number of carboxylic acids is 1. The Balaban J connectivity index is 2.33. The molecule has 0 spiro atoms. The number of ether oxygens (including phenoxy) is 1. The first-order chi connectivity index (χ1) is 7.16. The Morgan fingerprint density at radius 1 is 1.47 bits per heavy atom. The van der Waals surface area contributed by atoms with Gasteiger partial charge >= 0.3 is 5.97 Å². The van der Waals surface area contributed by atoms with Gasteiger partial charge in [0.1, 0.15) is 5.75 Å². The van der Waals surface area contributed by atoms with Crippen molar-refractivity contribution in [3.05, 3.63) is 29.3 Å². The average Bonchev–Trinajstić information content (AvgIpc) is 2.17. The monoisotopic (exact) mass is 206 g/mol. The molecule has 1 aliphatic rings. The van der Waals surface area contributed by atoms with E-state index in [0.717, 1.165) is 0 Å². The van der Waals surface area contributed by atoms with Crippen molar-refractivity contribution >= 4 is 11.8 Å². The Morgan fingerprint density at radius 2 is 2.27 bits per heavy atom. The van der Waals surface area contributed by atoms with Gasteiger partial charge in [0.2, 0.25) is 0 Å². The highest BCUT2D eigenvalue weighted by Crippen LogP contribution is 2.25. The number of carbonyl (C=O) groups is 2. The van der Waals surface area contributed by atoms with Gasteiger partial charge in [-0.1, -0.05) is 6.07 Å². The molecule has 1 aromatic carbocycles. The van der Waals surface area contributed by atoms with Crippen LogP contribution in [0.4, 0.5) is 0 Å². The van der Waals surface area contributed by atoms with Crippen LogP contribution in [0.15, 0.2) is 18.2 Å². The molecule has 1 N–H and O–H groups in total. The van der Waals surface area contributed by atoms with Crippen LogP contribution in [0, 0.1) is 0 Å². The summed E-state index contributed by atoms with van der Waals surface area (Å²) in [5, 5.41) is 8.62. The van der Waals surface area contributed by atoms with Crippen molar-refractivity contribution < 1.29 is 19.4 Å². The van der Waals surface area contributed by atoms with Gasteiger partial charge in [-0.25, -0.2) is 0 Å². The van der Waals surface area contributed by atoms with E-state index in [-0.39, 0.29) is 12.2 Å². The highest BCUT2D eigenvalue weighted by Gasteiger charge is 2.18. The summed E-state index contributed by atoms with van der Waals surface area (Å²) in [7, 11) is 0. The van der Waals surface area contributed by atoms with Crippen molar-refractivity contribution in [3.63, 3.8) is 0 Å². The third kappa shape index (κ3) is 1.98. The number of Topliss-reactive ketones (excluding diaryl/α,β-unsaturated/α-hetero) is 1. The number of ketones is 1. The summed E-state index contributed by atoms with van der Waals surface area (Å²) in [6.07, 6.45) is 0.343. The molecule has 0 saturated heterocycles. The van der Waals surface area contributed by atoms with Gasteiger partial charge in [0.05, 0.1) is 18.6 Å². The Bertz CT molecular complexity index is 423. The van der Waals surface area contributed by atoms with Crippen molar-refractivity contribution in [2.45, 2.75) is 12.8 Å². The predicted molar refractivity (Wildman–Crippen MR) is 52.2 cm³/mol. The van der Waals surface area contributed by atoms with Crippen LogP contribution >= 0.6 is 0 Å². The fraction of sp³-hybridized carbons (Fsp3) is 0.273. The molecule has 78 valence electrons. The third-order valence-corrected chi connectivity index (χ3v) is 2.29. The number of hydrogen-bond acceptors (Lipinski definition) is 3. The smallest absolute Gasteiger partial charge is 0.307 e. The molecule has 0 bridgehead atoms. The fourth-order valence-electron chi connectivity index (χ4n) is 1.59. The molecule has 0 radical (unpaired) electrons. The summed E-state index contributed by atoms with van der Waals surface area (Å²) in [4.78, 5) is 21.9. The zero-order valence-corrected chi connectivity index (χ0v) is 8.03. The van der Waals surface area contributed by atoms with Crippen LogP contribution in [0.25, 0.3) is 0 Å².